The molecule has 1 aromatic carbocycles. The summed E-state index contributed by atoms with van der Waals surface area (Å²) < 4.78 is 16.5. The van der Waals surface area contributed by atoms with Crippen molar-refractivity contribution in [1.29, 1.82) is 0 Å². The molecule has 7 heteroatoms. The maximum absolute atomic E-state index is 14.6. The van der Waals surface area contributed by atoms with Crippen LogP contribution in [0.4, 0.5) is 0 Å². The predicted octanol–water partition coefficient (Wildman–Crippen LogP) is 11.1. The average Bonchev–Trinajstić information content (AvgIpc) is 3.24. The van der Waals surface area contributed by atoms with Crippen LogP contribution in [-0.2, 0) is 32.2 Å². The summed E-state index contributed by atoms with van der Waals surface area (Å²) in [6.45, 7) is 6.09. The maximum atomic E-state index is 14.6. The van der Waals surface area contributed by atoms with E-state index in [1.165, 1.54) is 89.9 Å². The summed E-state index contributed by atoms with van der Waals surface area (Å²) in [4.78, 5) is 31.2. The molecule has 3 heterocycles. The molecule has 0 amide bonds. The zero-order chi connectivity index (χ0) is 40.3. The lowest BCUT2D eigenvalue weighted by Crippen LogP contribution is -2.46. The van der Waals surface area contributed by atoms with Crippen LogP contribution in [0.15, 0.2) is 114 Å². The van der Waals surface area contributed by atoms with Crippen molar-refractivity contribution in [3.8, 4) is 0 Å². The summed E-state index contributed by atoms with van der Waals surface area (Å²) in [5, 5.41) is 0. The Labute approximate surface area is 345 Å². The Kier molecular flexibility index (Phi) is 21.8. The van der Waals surface area contributed by atoms with Crippen molar-refractivity contribution >= 4 is 11.9 Å². The summed E-state index contributed by atoms with van der Waals surface area (Å²) >= 11 is 0. The molecule has 0 bridgehead atoms. The van der Waals surface area contributed by atoms with Crippen LogP contribution in [0.1, 0.15) is 154 Å². The zero-order valence-corrected chi connectivity index (χ0v) is 35.7. The molecule has 0 atom stereocenters. The first-order chi connectivity index (χ1) is 28.0. The van der Waals surface area contributed by atoms with Crippen LogP contribution in [-0.4, -0.2) is 37.1 Å². The SMILES string of the molecule is CCCCCCCCCCCCOC(=O)C1=C(C[n+]2ccccc2)N(C)C(C[n+]2ccccc2)=C(C(=O)OCCCCCCCCCCCC)C1c1ccccc1. The van der Waals surface area contributed by atoms with E-state index in [1.54, 1.807) is 0 Å². The third-order valence-corrected chi connectivity index (χ3v) is 11.3. The Balaban J connectivity index is 1.57. The highest BCUT2D eigenvalue weighted by Gasteiger charge is 2.44. The second-order valence-corrected chi connectivity index (χ2v) is 15.9. The van der Waals surface area contributed by atoms with E-state index in [2.05, 4.69) is 23.0 Å². The monoisotopic (exact) mass is 780 g/mol. The van der Waals surface area contributed by atoms with Crippen LogP contribution < -0.4 is 9.13 Å². The molecule has 0 unspecified atom stereocenters. The smallest absolute Gasteiger partial charge is 0.337 e. The van der Waals surface area contributed by atoms with E-state index in [1.807, 2.05) is 103 Å². The molecule has 0 N–H and O–H groups in total. The first-order valence-electron chi connectivity index (χ1n) is 22.5. The molecule has 1 aliphatic heterocycles. The third kappa shape index (κ3) is 15.9. The number of carbonyl (C=O) groups is 2. The number of esters is 2. The fraction of sp³-hybridized carbons (Fsp3) is 0.560. The number of hydrogen-bond donors (Lipinski definition) is 0. The Morgan fingerprint density at radius 1 is 0.491 bits per heavy atom. The van der Waals surface area contributed by atoms with Crippen LogP contribution in [0, 0.1) is 0 Å². The van der Waals surface area contributed by atoms with Crippen molar-refractivity contribution in [3.63, 3.8) is 0 Å². The highest BCUT2D eigenvalue weighted by atomic mass is 16.5. The quantitative estimate of drug-likeness (QED) is 0.0399. The van der Waals surface area contributed by atoms with Crippen molar-refractivity contribution in [2.75, 3.05) is 20.3 Å². The van der Waals surface area contributed by atoms with Gasteiger partial charge >= 0.3 is 11.9 Å². The van der Waals surface area contributed by atoms with Gasteiger partial charge in [-0.15, -0.1) is 0 Å². The number of hydrogen-bond acceptors (Lipinski definition) is 5. The van der Waals surface area contributed by atoms with Crippen molar-refractivity contribution in [3.05, 3.63) is 120 Å². The molecule has 0 spiro atoms. The van der Waals surface area contributed by atoms with E-state index < -0.39 is 5.92 Å². The molecule has 0 saturated carbocycles. The highest BCUT2D eigenvalue weighted by molar-refractivity contribution is 6.00. The fourth-order valence-electron chi connectivity index (χ4n) is 7.92. The molecule has 0 fully saturated rings. The molecule has 2 aromatic heterocycles. The fourth-order valence-corrected chi connectivity index (χ4v) is 7.92. The van der Waals surface area contributed by atoms with Crippen LogP contribution >= 0.6 is 0 Å². The Morgan fingerprint density at radius 2 is 0.825 bits per heavy atom. The first-order valence-corrected chi connectivity index (χ1v) is 22.5. The molecule has 3 aromatic rings. The van der Waals surface area contributed by atoms with Gasteiger partial charge in [0.25, 0.3) is 0 Å². The lowest BCUT2D eigenvalue weighted by Gasteiger charge is -2.36. The normalized spacial score (nSPS) is 13.4. The Bertz CT molecular complexity index is 1520. The van der Waals surface area contributed by atoms with E-state index in [4.69, 9.17) is 9.47 Å². The molecule has 0 aliphatic carbocycles. The number of unbranched alkanes of at least 4 members (excludes halogenated alkanes) is 18. The summed E-state index contributed by atoms with van der Waals surface area (Å²) in [6.07, 6.45) is 32.2. The third-order valence-electron chi connectivity index (χ3n) is 11.3. The van der Waals surface area contributed by atoms with Gasteiger partial charge in [-0.1, -0.05) is 172 Å². The number of aromatic nitrogens is 2. The van der Waals surface area contributed by atoms with Gasteiger partial charge in [0.05, 0.1) is 41.7 Å². The number of benzene rings is 1. The molecule has 4 rings (SSSR count). The lowest BCUT2D eigenvalue weighted by molar-refractivity contribution is -0.693. The Morgan fingerprint density at radius 3 is 1.19 bits per heavy atom. The van der Waals surface area contributed by atoms with E-state index in [-0.39, 0.29) is 11.9 Å². The minimum Gasteiger partial charge on any atom is -0.462 e. The Hall–Kier alpha value is -4.26. The standard InChI is InChI=1S/C50H73N3O4/c1-4-6-8-10-12-14-16-18-20-31-39-56-49(54)47-44(41-52-35-27-23-28-36-52)51(3)45(42-53-37-29-24-30-38-53)48(46(47)43-33-25-22-26-34-43)50(55)57-40-32-21-19-17-15-13-11-9-7-5-2/h22-30,33-38,46H,4-21,31-32,39-42H2,1-3H3/q+2. The second-order valence-electron chi connectivity index (χ2n) is 15.9. The number of likely N-dealkylation sites (N-methyl/N-ethyl adjacent to an activating group) is 1. The summed E-state index contributed by atoms with van der Waals surface area (Å²) in [5.41, 5.74) is 3.49. The van der Waals surface area contributed by atoms with Crippen LogP contribution in [0.5, 0.6) is 0 Å². The van der Waals surface area contributed by atoms with Crippen molar-refractivity contribution in [2.24, 2.45) is 0 Å². The number of carbonyl (C=O) groups excluding carboxylic acids is 2. The topological polar surface area (TPSA) is 63.6 Å². The van der Waals surface area contributed by atoms with Gasteiger partial charge in [-0.25, -0.2) is 9.59 Å². The van der Waals surface area contributed by atoms with Gasteiger partial charge in [0.2, 0.25) is 0 Å². The van der Waals surface area contributed by atoms with Gasteiger partial charge in [0.1, 0.15) is 0 Å². The van der Waals surface area contributed by atoms with Crippen LogP contribution in [0.3, 0.4) is 0 Å². The number of rotatable bonds is 29. The van der Waals surface area contributed by atoms with Crippen molar-refractivity contribution in [1.82, 2.24) is 4.90 Å². The van der Waals surface area contributed by atoms with Gasteiger partial charge in [0.15, 0.2) is 37.9 Å². The molecule has 1 aliphatic rings. The summed E-state index contributed by atoms with van der Waals surface area (Å²) in [6, 6.07) is 21.9. The minimum absolute atomic E-state index is 0.352. The number of nitrogens with zero attached hydrogens (tertiary/aromatic N) is 3. The molecular formula is C50H73N3O4+2. The number of pyridine rings is 2. The number of ether oxygens (including phenoxy) is 2. The molecular weight excluding hydrogens is 707 g/mol. The van der Waals surface area contributed by atoms with Gasteiger partial charge in [-0.3, -0.25) is 0 Å². The van der Waals surface area contributed by atoms with E-state index in [0.29, 0.717) is 37.4 Å². The van der Waals surface area contributed by atoms with Crippen LogP contribution in [0.25, 0.3) is 0 Å². The van der Waals surface area contributed by atoms with Gasteiger partial charge in [-0.2, -0.15) is 9.13 Å². The molecule has 57 heavy (non-hydrogen) atoms. The average molecular weight is 780 g/mol. The van der Waals surface area contributed by atoms with Gasteiger partial charge in [-0.05, 0) is 18.4 Å². The van der Waals surface area contributed by atoms with E-state index >= 15 is 0 Å². The molecule has 310 valence electrons. The minimum atomic E-state index is -0.651. The largest absolute Gasteiger partial charge is 0.462 e. The maximum Gasteiger partial charge on any atom is 0.337 e. The number of allylic oxidation sites excluding steroid dienone is 2. The van der Waals surface area contributed by atoms with Crippen LogP contribution in [0.2, 0.25) is 0 Å². The highest BCUT2D eigenvalue weighted by Crippen LogP contribution is 2.43. The molecule has 7 nitrogen and oxygen atoms in total. The van der Waals surface area contributed by atoms with Gasteiger partial charge in [0, 0.05) is 31.3 Å². The molecule has 0 saturated heterocycles. The van der Waals surface area contributed by atoms with Crippen molar-refractivity contribution in [2.45, 2.75) is 161 Å². The second kappa shape index (κ2) is 27.4. The lowest BCUT2D eigenvalue weighted by atomic mass is 9.79. The van der Waals surface area contributed by atoms with Crippen molar-refractivity contribution < 1.29 is 28.2 Å². The van der Waals surface area contributed by atoms with E-state index in [0.717, 1.165) is 55.5 Å². The zero-order valence-electron chi connectivity index (χ0n) is 35.7. The summed E-state index contributed by atoms with van der Waals surface area (Å²) in [7, 11) is 1.98. The first kappa shape index (κ1) is 45.4. The van der Waals surface area contributed by atoms with Gasteiger partial charge < -0.3 is 14.4 Å². The summed E-state index contributed by atoms with van der Waals surface area (Å²) in [5.74, 6) is -1.39. The van der Waals surface area contributed by atoms with E-state index in [9.17, 15) is 9.59 Å². The molecule has 0 radical (unpaired) electrons. The predicted molar refractivity (Wildman–Crippen MR) is 230 cm³/mol.